The molecule has 3 nitrogen and oxygen atoms in total. The molecule has 0 spiro atoms. The van der Waals surface area contributed by atoms with Crippen LogP contribution in [0.5, 0.6) is 0 Å². The van der Waals surface area contributed by atoms with E-state index in [1.807, 2.05) is 25.3 Å². The Morgan fingerprint density at radius 1 is 1.35 bits per heavy atom. The molecule has 0 amide bonds. The molecule has 0 aliphatic carbocycles. The van der Waals surface area contributed by atoms with Crippen LogP contribution in [-0.2, 0) is 5.60 Å². The van der Waals surface area contributed by atoms with Gasteiger partial charge in [-0.25, -0.2) is 0 Å². The SMILES string of the molecule is CCCN1CCC(O)(c2ccc(C)nc2)CC1. The normalized spacial score (nSPS) is 20.4. The Kier molecular flexibility index (Phi) is 3.79. The van der Waals surface area contributed by atoms with Crippen LogP contribution in [0, 0.1) is 6.92 Å². The van der Waals surface area contributed by atoms with Crippen LogP contribution in [0.2, 0.25) is 0 Å². The van der Waals surface area contributed by atoms with E-state index in [0.717, 1.165) is 43.7 Å². The summed E-state index contributed by atoms with van der Waals surface area (Å²) < 4.78 is 0. The fraction of sp³-hybridized carbons (Fsp3) is 0.643. The van der Waals surface area contributed by atoms with E-state index in [1.165, 1.54) is 6.42 Å². The second kappa shape index (κ2) is 5.15. The fourth-order valence-corrected chi connectivity index (χ4v) is 2.49. The highest BCUT2D eigenvalue weighted by molar-refractivity contribution is 5.21. The minimum absolute atomic E-state index is 0.662. The first kappa shape index (κ1) is 12.5. The second-order valence-electron chi connectivity index (χ2n) is 5.06. The van der Waals surface area contributed by atoms with E-state index in [1.54, 1.807) is 0 Å². The van der Waals surface area contributed by atoms with Crippen molar-refractivity contribution < 1.29 is 5.11 Å². The largest absolute Gasteiger partial charge is 0.385 e. The number of aryl methyl sites for hydroxylation is 1. The van der Waals surface area contributed by atoms with E-state index in [2.05, 4.69) is 16.8 Å². The highest BCUT2D eigenvalue weighted by Gasteiger charge is 2.33. The van der Waals surface area contributed by atoms with Crippen molar-refractivity contribution in [1.82, 2.24) is 9.88 Å². The van der Waals surface area contributed by atoms with Gasteiger partial charge in [-0.2, -0.15) is 0 Å². The zero-order chi connectivity index (χ0) is 12.3. The van der Waals surface area contributed by atoms with Gasteiger partial charge in [-0.1, -0.05) is 13.0 Å². The van der Waals surface area contributed by atoms with E-state index in [4.69, 9.17) is 0 Å². The van der Waals surface area contributed by atoms with Crippen LogP contribution in [0.25, 0.3) is 0 Å². The van der Waals surface area contributed by atoms with Crippen LogP contribution in [0.3, 0.4) is 0 Å². The average Bonchev–Trinajstić information content (AvgIpc) is 2.33. The highest BCUT2D eigenvalue weighted by atomic mass is 16.3. The lowest BCUT2D eigenvalue weighted by Crippen LogP contribution is -2.42. The highest BCUT2D eigenvalue weighted by Crippen LogP contribution is 2.32. The number of nitrogens with zero attached hydrogens (tertiary/aromatic N) is 2. The number of piperidine rings is 1. The monoisotopic (exact) mass is 234 g/mol. The topological polar surface area (TPSA) is 36.4 Å². The van der Waals surface area contributed by atoms with Crippen LogP contribution in [0.15, 0.2) is 18.3 Å². The number of hydrogen-bond acceptors (Lipinski definition) is 3. The molecule has 0 radical (unpaired) electrons. The van der Waals surface area contributed by atoms with Gasteiger partial charge >= 0.3 is 0 Å². The molecule has 1 saturated heterocycles. The van der Waals surface area contributed by atoms with Crippen molar-refractivity contribution in [2.24, 2.45) is 0 Å². The molecule has 0 bridgehead atoms. The molecule has 0 atom stereocenters. The summed E-state index contributed by atoms with van der Waals surface area (Å²) in [7, 11) is 0. The van der Waals surface area contributed by atoms with Gasteiger partial charge in [-0.15, -0.1) is 0 Å². The summed E-state index contributed by atoms with van der Waals surface area (Å²) in [5.41, 5.74) is 1.31. The molecule has 1 N–H and O–H groups in total. The molecule has 0 aromatic carbocycles. The Hall–Kier alpha value is -0.930. The minimum atomic E-state index is -0.662. The lowest BCUT2D eigenvalue weighted by molar-refractivity contribution is -0.0260. The van der Waals surface area contributed by atoms with Crippen molar-refractivity contribution in [2.45, 2.75) is 38.7 Å². The zero-order valence-electron chi connectivity index (χ0n) is 10.8. The first-order chi connectivity index (χ1) is 8.14. The first-order valence-corrected chi connectivity index (χ1v) is 6.52. The van der Waals surface area contributed by atoms with Gasteiger partial charge in [0.25, 0.3) is 0 Å². The van der Waals surface area contributed by atoms with Gasteiger partial charge in [0.2, 0.25) is 0 Å². The molecule has 2 rings (SSSR count). The third-order valence-electron chi connectivity index (χ3n) is 3.67. The van der Waals surface area contributed by atoms with E-state index in [9.17, 15) is 5.11 Å². The third-order valence-corrected chi connectivity index (χ3v) is 3.67. The summed E-state index contributed by atoms with van der Waals surface area (Å²) in [6.07, 6.45) is 4.64. The van der Waals surface area contributed by atoms with Crippen molar-refractivity contribution >= 4 is 0 Å². The summed E-state index contributed by atoms with van der Waals surface area (Å²) in [5.74, 6) is 0. The van der Waals surface area contributed by atoms with E-state index in [0.29, 0.717) is 0 Å². The number of pyridine rings is 1. The number of hydrogen-bond donors (Lipinski definition) is 1. The van der Waals surface area contributed by atoms with Gasteiger partial charge in [0.05, 0.1) is 5.60 Å². The molecule has 1 aromatic heterocycles. The van der Waals surface area contributed by atoms with E-state index in [-0.39, 0.29) is 0 Å². The Morgan fingerprint density at radius 2 is 2.06 bits per heavy atom. The maximum absolute atomic E-state index is 10.7. The van der Waals surface area contributed by atoms with Crippen molar-refractivity contribution in [2.75, 3.05) is 19.6 Å². The average molecular weight is 234 g/mol. The van der Waals surface area contributed by atoms with Crippen LogP contribution in [0.4, 0.5) is 0 Å². The fourth-order valence-electron chi connectivity index (χ4n) is 2.49. The zero-order valence-corrected chi connectivity index (χ0v) is 10.8. The molecule has 1 aliphatic heterocycles. The summed E-state index contributed by atoms with van der Waals surface area (Å²) in [5, 5.41) is 10.7. The van der Waals surface area contributed by atoms with Gasteiger partial charge in [-0.05, 0) is 38.8 Å². The Bertz CT molecular complexity index is 353. The number of rotatable bonds is 3. The summed E-state index contributed by atoms with van der Waals surface area (Å²) in [6, 6.07) is 3.99. The van der Waals surface area contributed by atoms with Gasteiger partial charge in [0.15, 0.2) is 0 Å². The third kappa shape index (κ3) is 2.85. The minimum Gasteiger partial charge on any atom is -0.385 e. The number of aliphatic hydroxyl groups is 1. The molecule has 3 heteroatoms. The Morgan fingerprint density at radius 3 is 2.59 bits per heavy atom. The molecular formula is C14H22N2O. The molecule has 1 aromatic rings. The quantitative estimate of drug-likeness (QED) is 0.870. The Balaban J connectivity index is 2.04. The molecule has 1 fully saturated rings. The molecule has 1 aliphatic rings. The molecule has 0 saturated carbocycles. The number of likely N-dealkylation sites (tertiary alicyclic amines) is 1. The maximum Gasteiger partial charge on any atom is 0.0935 e. The predicted octanol–water partition coefficient (Wildman–Crippen LogP) is 2.08. The van der Waals surface area contributed by atoms with Crippen molar-refractivity contribution in [3.8, 4) is 0 Å². The molecule has 2 heterocycles. The molecule has 94 valence electrons. The number of aromatic nitrogens is 1. The second-order valence-corrected chi connectivity index (χ2v) is 5.06. The molecular weight excluding hydrogens is 212 g/mol. The standard InChI is InChI=1S/C14H22N2O/c1-3-8-16-9-6-14(17,7-10-16)13-5-4-12(2)15-11-13/h4-5,11,17H,3,6-10H2,1-2H3. The summed E-state index contributed by atoms with van der Waals surface area (Å²) >= 11 is 0. The smallest absolute Gasteiger partial charge is 0.0935 e. The van der Waals surface area contributed by atoms with Gasteiger partial charge < -0.3 is 10.0 Å². The van der Waals surface area contributed by atoms with Crippen LogP contribution in [0.1, 0.15) is 37.4 Å². The summed E-state index contributed by atoms with van der Waals surface area (Å²) in [6.45, 7) is 7.28. The lowest BCUT2D eigenvalue weighted by Gasteiger charge is -2.38. The Labute approximate surface area is 103 Å². The van der Waals surface area contributed by atoms with Crippen molar-refractivity contribution in [3.63, 3.8) is 0 Å². The van der Waals surface area contributed by atoms with Crippen molar-refractivity contribution in [1.29, 1.82) is 0 Å². The van der Waals surface area contributed by atoms with E-state index >= 15 is 0 Å². The lowest BCUT2D eigenvalue weighted by atomic mass is 9.85. The van der Waals surface area contributed by atoms with Crippen LogP contribution in [-0.4, -0.2) is 34.6 Å². The molecule has 17 heavy (non-hydrogen) atoms. The predicted molar refractivity (Wildman–Crippen MR) is 68.8 cm³/mol. The summed E-state index contributed by atoms with van der Waals surface area (Å²) in [4.78, 5) is 6.71. The maximum atomic E-state index is 10.7. The van der Waals surface area contributed by atoms with Crippen molar-refractivity contribution in [3.05, 3.63) is 29.6 Å². The van der Waals surface area contributed by atoms with Gasteiger partial charge in [0, 0.05) is 30.5 Å². The molecule has 0 unspecified atom stereocenters. The van der Waals surface area contributed by atoms with E-state index < -0.39 is 5.60 Å². The van der Waals surface area contributed by atoms with Crippen LogP contribution >= 0.6 is 0 Å². The van der Waals surface area contributed by atoms with Crippen LogP contribution < -0.4 is 0 Å². The first-order valence-electron chi connectivity index (χ1n) is 6.52. The van der Waals surface area contributed by atoms with Gasteiger partial charge in [-0.3, -0.25) is 4.98 Å². The van der Waals surface area contributed by atoms with Gasteiger partial charge in [0.1, 0.15) is 0 Å².